The Bertz CT molecular complexity index is 489. The molecule has 2 aromatic rings. The van der Waals surface area contributed by atoms with E-state index in [1.807, 2.05) is 26.0 Å². The van der Waals surface area contributed by atoms with Crippen molar-refractivity contribution in [3.8, 4) is 0 Å². The van der Waals surface area contributed by atoms with Crippen LogP contribution < -0.4 is 16.6 Å². The zero-order valence-corrected chi connectivity index (χ0v) is 9.82. The van der Waals surface area contributed by atoms with Crippen LogP contribution in [0.2, 0.25) is 0 Å². The monoisotopic (exact) mass is 233 g/mol. The second-order valence-electron chi connectivity index (χ2n) is 3.71. The Kier molecular flexibility index (Phi) is 3.24. The number of nitrogens with one attached hydrogen (secondary N) is 2. The molecule has 0 bridgehead atoms. The van der Waals surface area contributed by atoms with Crippen LogP contribution in [0.4, 0.5) is 11.6 Å². The minimum atomic E-state index is 0.619. The van der Waals surface area contributed by atoms with Gasteiger partial charge in [0.15, 0.2) is 0 Å². The molecule has 0 fully saturated rings. The van der Waals surface area contributed by atoms with Gasteiger partial charge < -0.3 is 15.3 Å². The van der Waals surface area contributed by atoms with Gasteiger partial charge in [-0.25, -0.2) is 10.8 Å². The first-order valence-corrected chi connectivity index (χ1v) is 5.30. The van der Waals surface area contributed by atoms with E-state index in [1.54, 1.807) is 6.07 Å². The van der Waals surface area contributed by atoms with Gasteiger partial charge in [-0.1, -0.05) is 11.2 Å². The Morgan fingerprint density at radius 1 is 1.29 bits per heavy atom. The van der Waals surface area contributed by atoms with Crippen molar-refractivity contribution < 1.29 is 4.52 Å². The molecule has 0 aromatic carbocycles. The number of hydrogen-bond donors (Lipinski definition) is 3. The van der Waals surface area contributed by atoms with E-state index >= 15 is 0 Å². The molecule has 0 saturated carbocycles. The molecular weight excluding hydrogens is 218 g/mol. The van der Waals surface area contributed by atoms with Gasteiger partial charge in [0.05, 0.1) is 5.69 Å². The zero-order valence-electron chi connectivity index (χ0n) is 9.82. The van der Waals surface area contributed by atoms with Crippen LogP contribution in [0.1, 0.15) is 17.0 Å². The van der Waals surface area contributed by atoms with E-state index < -0.39 is 0 Å². The molecule has 0 aliphatic carbocycles. The Labute approximate surface area is 99.2 Å². The van der Waals surface area contributed by atoms with Crippen LogP contribution in [0, 0.1) is 13.8 Å². The lowest BCUT2D eigenvalue weighted by Crippen LogP contribution is -2.10. The van der Waals surface area contributed by atoms with Gasteiger partial charge in [-0.2, -0.15) is 0 Å². The largest absolute Gasteiger partial charge is 0.366 e. The molecule has 0 aliphatic heterocycles. The summed E-state index contributed by atoms with van der Waals surface area (Å²) in [5.74, 6) is 7.48. The number of hydrazine groups is 1. The molecule has 0 atom stereocenters. The highest BCUT2D eigenvalue weighted by Gasteiger charge is 2.08. The number of nitrogens with zero attached hydrogens (tertiary/aromatic N) is 2. The molecule has 4 N–H and O–H groups in total. The highest BCUT2D eigenvalue weighted by Crippen LogP contribution is 2.15. The first-order chi connectivity index (χ1) is 8.20. The summed E-state index contributed by atoms with van der Waals surface area (Å²) in [6.45, 7) is 4.43. The van der Waals surface area contributed by atoms with Crippen molar-refractivity contribution in [3.63, 3.8) is 0 Å². The number of anilines is 2. The molecule has 6 heteroatoms. The van der Waals surface area contributed by atoms with Gasteiger partial charge in [0.2, 0.25) is 0 Å². The Morgan fingerprint density at radius 3 is 2.71 bits per heavy atom. The molecule has 0 saturated heterocycles. The third-order valence-corrected chi connectivity index (χ3v) is 2.52. The molecule has 6 nitrogen and oxygen atoms in total. The Hall–Kier alpha value is -2.08. The molecule has 0 spiro atoms. The fourth-order valence-electron chi connectivity index (χ4n) is 1.55. The second-order valence-corrected chi connectivity index (χ2v) is 3.71. The fraction of sp³-hybridized carbons (Fsp3) is 0.273. The van der Waals surface area contributed by atoms with E-state index in [-0.39, 0.29) is 0 Å². The Balaban J connectivity index is 2.07. The van der Waals surface area contributed by atoms with Crippen molar-refractivity contribution in [1.82, 2.24) is 10.1 Å². The van der Waals surface area contributed by atoms with Gasteiger partial charge in [0.1, 0.15) is 17.4 Å². The Morgan fingerprint density at radius 2 is 2.06 bits per heavy atom. The maximum atomic E-state index is 5.29. The van der Waals surface area contributed by atoms with Crippen LogP contribution in [0.5, 0.6) is 0 Å². The SMILES string of the molecule is Cc1noc(C)c1CNc1cccc(NN)n1. The number of nitrogen functional groups attached to an aromatic ring is 1. The molecule has 2 aromatic heterocycles. The molecule has 0 unspecified atom stereocenters. The molecule has 0 radical (unpaired) electrons. The molecule has 17 heavy (non-hydrogen) atoms. The van der Waals surface area contributed by atoms with Crippen molar-refractivity contribution in [2.45, 2.75) is 20.4 Å². The summed E-state index contributed by atoms with van der Waals surface area (Å²) in [6, 6.07) is 5.54. The highest BCUT2D eigenvalue weighted by atomic mass is 16.5. The van der Waals surface area contributed by atoms with Gasteiger partial charge in [0.25, 0.3) is 0 Å². The number of rotatable bonds is 4. The quantitative estimate of drug-likeness (QED) is 0.549. The van der Waals surface area contributed by atoms with Crippen molar-refractivity contribution in [2.75, 3.05) is 10.7 Å². The van der Waals surface area contributed by atoms with Crippen LogP contribution in [0.15, 0.2) is 22.7 Å². The van der Waals surface area contributed by atoms with E-state index in [2.05, 4.69) is 20.9 Å². The summed E-state index contributed by atoms with van der Waals surface area (Å²) in [4.78, 5) is 4.25. The van der Waals surface area contributed by atoms with Crippen LogP contribution in [0.3, 0.4) is 0 Å². The number of aryl methyl sites for hydroxylation is 2. The lowest BCUT2D eigenvalue weighted by Gasteiger charge is -2.06. The molecule has 2 rings (SSSR count). The standard InChI is InChI=1S/C11H15N5O/c1-7-9(8(2)17-16-7)6-13-10-4-3-5-11(14-10)15-12/h3-5H,6,12H2,1-2H3,(H2,13,14,15). The average Bonchev–Trinajstić information content (AvgIpc) is 2.67. The van der Waals surface area contributed by atoms with Gasteiger partial charge >= 0.3 is 0 Å². The number of nitrogens with two attached hydrogens (primary N) is 1. The maximum absolute atomic E-state index is 5.29. The van der Waals surface area contributed by atoms with Gasteiger partial charge in [-0.05, 0) is 26.0 Å². The first kappa shape index (κ1) is 11.4. The predicted molar refractivity (Wildman–Crippen MR) is 65.4 cm³/mol. The predicted octanol–water partition coefficient (Wildman–Crippen LogP) is 1.58. The van der Waals surface area contributed by atoms with E-state index in [9.17, 15) is 0 Å². The van der Waals surface area contributed by atoms with Crippen LogP contribution in [-0.2, 0) is 6.54 Å². The van der Waals surface area contributed by atoms with Crippen LogP contribution >= 0.6 is 0 Å². The van der Waals surface area contributed by atoms with Crippen molar-refractivity contribution in [3.05, 3.63) is 35.2 Å². The lowest BCUT2D eigenvalue weighted by molar-refractivity contribution is 0.392. The summed E-state index contributed by atoms with van der Waals surface area (Å²) in [5, 5.41) is 7.09. The third-order valence-electron chi connectivity index (χ3n) is 2.52. The third kappa shape index (κ3) is 2.54. The van der Waals surface area contributed by atoms with Gasteiger partial charge in [-0.3, -0.25) is 0 Å². The maximum Gasteiger partial charge on any atom is 0.142 e. The minimum absolute atomic E-state index is 0.619. The van der Waals surface area contributed by atoms with Gasteiger partial charge in [-0.15, -0.1) is 0 Å². The summed E-state index contributed by atoms with van der Waals surface area (Å²) in [7, 11) is 0. The van der Waals surface area contributed by atoms with E-state index in [1.165, 1.54) is 0 Å². The molecule has 0 amide bonds. The fourth-order valence-corrected chi connectivity index (χ4v) is 1.55. The summed E-state index contributed by atoms with van der Waals surface area (Å²) >= 11 is 0. The van der Waals surface area contributed by atoms with E-state index in [0.717, 1.165) is 22.8 Å². The summed E-state index contributed by atoms with van der Waals surface area (Å²) < 4.78 is 5.09. The topological polar surface area (TPSA) is 89.0 Å². The molecule has 90 valence electrons. The van der Waals surface area contributed by atoms with E-state index in [0.29, 0.717) is 12.4 Å². The van der Waals surface area contributed by atoms with Crippen molar-refractivity contribution in [1.29, 1.82) is 0 Å². The normalized spacial score (nSPS) is 10.3. The lowest BCUT2D eigenvalue weighted by atomic mass is 10.2. The smallest absolute Gasteiger partial charge is 0.142 e. The van der Waals surface area contributed by atoms with Gasteiger partial charge in [0, 0.05) is 12.1 Å². The number of pyridine rings is 1. The zero-order chi connectivity index (χ0) is 12.3. The van der Waals surface area contributed by atoms with E-state index in [4.69, 9.17) is 10.4 Å². The van der Waals surface area contributed by atoms with Crippen LogP contribution in [-0.4, -0.2) is 10.1 Å². The first-order valence-electron chi connectivity index (χ1n) is 5.30. The summed E-state index contributed by atoms with van der Waals surface area (Å²) in [6.07, 6.45) is 0. The number of hydrogen-bond acceptors (Lipinski definition) is 6. The molecular formula is C11H15N5O. The average molecular weight is 233 g/mol. The minimum Gasteiger partial charge on any atom is -0.366 e. The second kappa shape index (κ2) is 4.84. The number of aromatic nitrogens is 2. The molecule has 0 aliphatic rings. The highest BCUT2D eigenvalue weighted by molar-refractivity contribution is 5.45. The molecule has 2 heterocycles. The van der Waals surface area contributed by atoms with Crippen molar-refractivity contribution >= 4 is 11.6 Å². The van der Waals surface area contributed by atoms with Crippen molar-refractivity contribution in [2.24, 2.45) is 5.84 Å². The summed E-state index contributed by atoms with van der Waals surface area (Å²) in [5.41, 5.74) is 4.45. The van der Waals surface area contributed by atoms with Crippen LogP contribution in [0.25, 0.3) is 0 Å².